The van der Waals surface area contributed by atoms with E-state index in [0.29, 0.717) is 0 Å². The summed E-state index contributed by atoms with van der Waals surface area (Å²) >= 11 is 0. The summed E-state index contributed by atoms with van der Waals surface area (Å²) in [6.07, 6.45) is 6.05. The van der Waals surface area contributed by atoms with Crippen molar-refractivity contribution in [3.8, 4) is 0 Å². The molecule has 0 unspecified atom stereocenters. The van der Waals surface area contributed by atoms with E-state index in [4.69, 9.17) is 0 Å². The number of ketones is 1. The van der Waals surface area contributed by atoms with E-state index >= 15 is 0 Å². The molecule has 0 spiro atoms. The molecule has 1 aliphatic carbocycles. The first-order chi connectivity index (χ1) is 11.4. The van der Waals surface area contributed by atoms with Crippen molar-refractivity contribution in [1.82, 2.24) is 0 Å². The zero-order valence-electron chi connectivity index (χ0n) is 15.4. The van der Waals surface area contributed by atoms with Gasteiger partial charge in [0.2, 0.25) is 0 Å². The molecule has 0 heterocycles. The fourth-order valence-electron chi connectivity index (χ4n) is 4.45. The third-order valence-corrected chi connectivity index (χ3v) is 5.69. The van der Waals surface area contributed by atoms with Gasteiger partial charge in [-0.05, 0) is 57.2 Å². The second kappa shape index (κ2) is 6.55. The van der Waals surface area contributed by atoms with Gasteiger partial charge < -0.3 is 0 Å². The lowest BCUT2D eigenvalue weighted by Crippen LogP contribution is -2.33. The molecule has 0 radical (unpaired) electrons. The topological polar surface area (TPSA) is 17.1 Å². The van der Waals surface area contributed by atoms with Gasteiger partial charge in [0.05, 0.1) is 0 Å². The first-order valence-corrected chi connectivity index (χ1v) is 9.14. The van der Waals surface area contributed by atoms with Crippen LogP contribution < -0.4 is 0 Å². The number of Topliss-reactive ketones (excluding diaryl/α,β-unsaturated/α-hetero) is 1. The van der Waals surface area contributed by atoms with E-state index in [1.165, 1.54) is 47.1 Å². The second-order valence-electron chi connectivity index (χ2n) is 7.57. The predicted octanol–water partition coefficient (Wildman–Crippen LogP) is 6.06. The van der Waals surface area contributed by atoms with Gasteiger partial charge in [0, 0.05) is 11.0 Å². The van der Waals surface area contributed by atoms with Crippen molar-refractivity contribution < 1.29 is 4.79 Å². The van der Waals surface area contributed by atoms with Gasteiger partial charge in [0.25, 0.3) is 0 Å². The lowest BCUT2D eigenvalue weighted by Gasteiger charge is -2.41. The zero-order chi connectivity index (χ0) is 17.3. The van der Waals surface area contributed by atoms with Gasteiger partial charge in [0.15, 0.2) is 5.78 Å². The molecular formula is C23H28O. The molecule has 24 heavy (non-hydrogen) atoms. The van der Waals surface area contributed by atoms with E-state index in [2.05, 4.69) is 51.1 Å². The Hall–Kier alpha value is -1.89. The van der Waals surface area contributed by atoms with Crippen molar-refractivity contribution in [3.05, 3.63) is 69.8 Å². The van der Waals surface area contributed by atoms with Gasteiger partial charge in [-0.15, -0.1) is 0 Å². The van der Waals surface area contributed by atoms with E-state index in [9.17, 15) is 4.79 Å². The average Bonchev–Trinajstić information content (AvgIpc) is 2.57. The van der Waals surface area contributed by atoms with Crippen molar-refractivity contribution in [2.24, 2.45) is 0 Å². The molecule has 0 saturated heterocycles. The van der Waals surface area contributed by atoms with E-state index in [-0.39, 0.29) is 11.2 Å². The SMILES string of the molecule is CC(=O)c1ccc(C)cc1C1(c2cc(C)ccc2C)CCCCC1. The molecular weight excluding hydrogens is 292 g/mol. The standard InChI is InChI=1S/C23H28O/c1-16-8-10-18(3)21(14-16)23(12-6-5-7-13-23)22-15-17(2)9-11-20(22)19(4)24/h8-11,14-15H,5-7,12-13H2,1-4H3. The maximum Gasteiger partial charge on any atom is 0.160 e. The van der Waals surface area contributed by atoms with Crippen LogP contribution in [0.15, 0.2) is 36.4 Å². The highest BCUT2D eigenvalue weighted by Gasteiger charge is 2.38. The van der Waals surface area contributed by atoms with Crippen LogP contribution >= 0.6 is 0 Å². The van der Waals surface area contributed by atoms with Crippen molar-refractivity contribution in [2.75, 3.05) is 0 Å². The number of aryl methyl sites for hydroxylation is 3. The van der Waals surface area contributed by atoms with Gasteiger partial charge in [-0.1, -0.05) is 66.8 Å². The third kappa shape index (κ3) is 2.92. The van der Waals surface area contributed by atoms with Gasteiger partial charge in [0.1, 0.15) is 0 Å². The highest BCUT2D eigenvalue weighted by atomic mass is 16.1. The molecule has 0 N–H and O–H groups in total. The maximum atomic E-state index is 12.3. The van der Waals surface area contributed by atoms with E-state index in [0.717, 1.165) is 18.4 Å². The number of hydrogen-bond donors (Lipinski definition) is 0. The van der Waals surface area contributed by atoms with Crippen LogP contribution in [0.3, 0.4) is 0 Å². The molecule has 3 rings (SSSR count). The van der Waals surface area contributed by atoms with Crippen LogP contribution in [-0.2, 0) is 5.41 Å². The average molecular weight is 320 g/mol. The normalized spacial score (nSPS) is 16.8. The monoisotopic (exact) mass is 320 g/mol. The minimum atomic E-state index is -0.0125. The zero-order valence-corrected chi connectivity index (χ0v) is 15.4. The molecule has 2 aromatic rings. The minimum Gasteiger partial charge on any atom is -0.295 e. The Morgan fingerprint density at radius 1 is 0.833 bits per heavy atom. The highest BCUT2D eigenvalue weighted by Crippen LogP contribution is 2.47. The van der Waals surface area contributed by atoms with Crippen LogP contribution in [0.2, 0.25) is 0 Å². The van der Waals surface area contributed by atoms with Gasteiger partial charge in [-0.3, -0.25) is 4.79 Å². The molecule has 126 valence electrons. The number of carbonyl (C=O) groups excluding carboxylic acids is 1. The first-order valence-electron chi connectivity index (χ1n) is 9.14. The Morgan fingerprint density at radius 2 is 1.42 bits per heavy atom. The molecule has 0 atom stereocenters. The van der Waals surface area contributed by atoms with E-state index in [1.807, 2.05) is 6.07 Å². The summed E-state index contributed by atoms with van der Waals surface area (Å²) in [4.78, 5) is 12.3. The lowest BCUT2D eigenvalue weighted by atomic mass is 9.62. The smallest absolute Gasteiger partial charge is 0.160 e. The second-order valence-corrected chi connectivity index (χ2v) is 7.57. The van der Waals surface area contributed by atoms with Crippen LogP contribution in [0.1, 0.15) is 77.2 Å². The van der Waals surface area contributed by atoms with E-state index < -0.39 is 0 Å². The largest absolute Gasteiger partial charge is 0.295 e. The van der Waals surface area contributed by atoms with Crippen LogP contribution in [0.25, 0.3) is 0 Å². The van der Waals surface area contributed by atoms with Crippen LogP contribution in [0.5, 0.6) is 0 Å². The summed E-state index contributed by atoms with van der Waals surface area (Å²) < 4.78 is 0. The van der Waals surface area contributed by atoms with Crippen LogP contribution in [0.4, 0.5) is 0 Å². The number of carbonyl (C=O) groups is 1. The Balaban J connectivity index is 2.30. The summed E-state index contributed by atoms with van der Waals surface area (Å²) in [5.41, 5.74) is 7.46. The van der Waals surface area contributed by atoms with Gasteiger partial charge in [-0.2, -0.15) is 0 Å². The molecule has 1 nitrogen and oxygen atoms in total. The van der Waals surface area contributed by atoms with Crippen LogP contribution in [-0.4, -0.2) is 5.78 Å². The summed E-state index contributed by atoms with van der Waals surface area (Å²) in [6.45, 7) is 8.22. The van der Waals surface area contributed by atoms with E-state index in [1.54, 1.807) is 6.92 Å². The Bertz CT molecular complexity index is 764. The molecule has 1 heteroatoms. The minimum absolute atomic E-state index is 0.0125. The van der Waals surface area contributed by atoms with Crippen molar-refractivity contribution >= 4 is 5.78 Å². The number of benzene rings is 2. The quantitative estimate of drug-likeness (QED) is 0.628. The molecule has 1 fully saturated rings. The molecule has 2 aromatic carbocycles. The summed E-state index contributed by atoms with van der Waals surface area (Å²) in [6, 6.07) is 13.2. The molecule has 0 aliphatic heterocycles. The van der Waals surface area contributed by atoms with Crippen molar-refractivity contribution in [2.45, 2.75) is 65.2 Å². The van der Waals surface area contributed by atoms with Gasteiger partial charge >= 0.3 is 0 Å². The Labute approximate surface area is 146 Å². The van der Waals surface area contributed by atoms with Crippen LogP contribution in [0, 0.1) is 20.8 Å². The highest BCUT2D eigenvalue weighted by molar-refractivity contribution is 5.96. The molecule has 1 saturated carbocycles. The number of rotatable bonds is 3. The molecule has 0 aromatic heterocycles. The van der Waals surface area contributed by atoms with Gasteiger partial charge in [-0.25, -0.2) is 0 Å². The third-order valence-electron chi connectivity index (χ3n) is 5.69. The summed E-state index contributed by atoms with van der Waals surface area (Å²) in [7, 11) is 0. The fourth-order valence-corrected chi connectivity index (χ4v) is 4.45. The Kier molecular flexibility index (Phi) is 4.62. The Morgan fingerprint density at radius 3 is 2.04 bits per heavy atom. The predicted molar refractivity (Wildman–Crippen MR) is 101 cm³/mol. The number of hydrogen-bond acceptors (Lipinski definition) is 1. The van der Waals surface area contributed by atoms with Crippen molar-refractivity contribution in [1.29, 1.82) is 0 Å². The fraction of sp³-hybridized carbons (Fsp3) is 0.435. The summed E-state index contributed by atoms with van der Waals surface area (Å²) in [5, 5.41) is 0. The molecule has 0 amide bonds. The van der Waals surface area contributed by atoms with Crippen molar-refractivity contribution in [3.63, 3.8) is 0 Å². The maximum absolute atomic E-state index is 12.3. The molecule has 1 aliphatic rings. The molecule has 0 bridgehead atoms. The summed E-state index contributed by atoms with van der Waals surface area (Å²) in [5.74, 6) is 0.181. The first kappa shape index (κ1) is 17.0. The lowest BCUT2D eigenvalue weighted by molar-refractivity contribution is 0.101.